The number of aliphatic imine (C=N–C) groups is 1. The van der Waals surface area contributed by atoms with E-state index in [4.69, 9.17) is 11.0 Å². The highest BCUT2D eigenvalue weighted by atomic mass is 32.2. The van der Waals surface area contributed by atoms with E-state index < -0.39 is 37.7 Å². The molecule has 0 spiro atoms. The van der Waals surface area contributed by atoms with E-state index in [2.05, 4.69) is 15.0 Å². The number of hydrogen-bond donors (Lipinski definition) is 1. The summed E-state index contributed by atoms with van der Waals surface area (Å²) in [5.74, 6) is -2.26. The molecule has 0 saturated heterocycles. The number of hydrogen-bond acceptors (Lipinski definition) is 7. The maximum absolute atomic E-state index is 14.6. The molecule has 0 radical (unpaired) electrons. The Morgan fingerprint density at radius 2 is 1.97 bits per heavy atom. The predicted molar refractivity (Wildman–Crippen MR) is 109 cm³/mol. The third-order valence-electron chi connectivity index (χ3n) is 5.10. The van der Waals surface area contributed by atoms with E-state index in [0.717, 1.165) is 12.3 Å². The molecule has 0 aliphatic carbocycles. The molecular weight excluding hydrogens is 412 g/mol. The molecule has 2 N–H and O–H groups in total. The van der Waals surface area contributed by atoms with Crippen molar-refractivity contribution in [2.45, 2.75) is 31.1 Å². The van der Waals surface area contributed by atoms with Crippen LogP contribution in [0.1, 0.15) is 43.2 Å². The predicted octanol–water partition coefficient (Wildman–Crippen LogP) is 2.73. The molecular formula is C20H19F2N5O2S. The summed E-state index contributed by atoms with van der Waals surface area (Å²) in [6.07, 6.45) is 3.42. The Bertz CT molecular complexity index is 1210. The van der Waals surface area contributed by atoms with Crippen LogP contribution in [0.3, 0.4) is 0 Å². The highest BCUT2D eigenvalue weighted by Gasteiger charge is 2.49. The molecule has 3 rings (SSSR count). The molecule has 156 valence electrons. The molecule has 1 aliphatic heterocycles. The number of nitriles is 1. The van der Waals surface area contributed by atoms with Gasteiger partial charge in [0, 0.05) is 18.0 Å². The molecule has 3 heterocycles. The van der Waals surface area contributed by atoms with Crippen LogP contribution in [0.25, 0.3) is 11.9 Å². The largest absolute Gasteiger partial charge is 0.386 e. The Labute approximate surface area is 172 Å². The Hall–Kier alpha value is -3.19. The lowest BCUT2D eigenvalue weighted by Crippen LogP contribution is -2.55. The summed E-state index contributed by atoms with van der Waals surface area (Å²) in [4.78, 5) is 11.8. The monoisotopic (exact) mass is 431 g/mol. The molecule has 0 amide bonds. The molecule has 10 heteroatoms. The van der Waals surface area contributed by atoms with Gasteiger partial charge in [0.1, 0.15) is 28.0 Å². The van der Waals surface area contributed by atoms with Crippen LogP contribution in [-0.2, 0) is 15.4 Å². The lowest BCUT2D eigenvalue weighted by molar-refractivity contribution is 0.463. The molecule has 1 aliphatic rings. The zero-order valence-electron chi connectivity index (χ0n) is 16.5. The second-order valence-corrected chi connectivity index (χ2v) is 10.2. The maximum Gasteiger partial charge on any atom is 0.218 e. The SMILES string of the molecule is CC1(C)C(N)=N[C@](C)(c2cc(/C=C(\F)c3ccc(C#N)cn3)cnc2F)CS1(=O)=O. The number of rotatable bonds is 3. The van der Waals surface area contributed by atoms with E-state index in [1.807, 2.05) is 6.07 Å². The summed E-state index contributed by atoms with van der Waals surface area (Å²) in [5, 5.41) is 8.79. The molecule has 1 atom stereocenters. The van der Waals surface area contributed by atoms with Gasteiger partial charge >= 0.3 is 0 Å². The van der Waals surface area contributed by atoms with Crippen LogP contribution in [0.2, 0.25) is 0 Å². The number of nitrogens with two attached hydrogens (primary N) is 1. The van der Waals surface area contributed by atoms with Crippen molar-refractivity contribution in [2.24, 2.45) is 10.7 Å². The van der Waals surface area contributed by atoms with Crippen molar-refractivity contribution in [1.82, 2.24) is 9.97 Å². The molecule has 0 fully saturated rings. The van der Waals surface area contributed by atoms with Crippen LogP contribution in [0.15, 0.2) is 35.6 Å². The average molecular weight is 431 g/mol. The molecule has 0 saturated carbocycles. The highest BCUT2D eigenvalue weighted by molar-refractivity contribution is 7.93. The van der Waals surface area contributed by atoms with Gasteiger partial charge < -0.3 is 5.73 Å². The van der Waals surface area contributed by atoms with Crippen molar-refractivity contribution < 1.29 is 17.2 Å². The van der Waals surface area contributed by atoms with Crippen LogP contribution < -0.4 is 5.73 Å². The number of halogens is 2. The first kappa shape index (κ1) is 21.5. The second kappa shape index (κ2) is 7.25. The summed E-state index contributed by atoms with van der Waals surface area (Å²) in [7, 11) is -3.74. The molecule has 2 aromatic heterocycles. The summed E-state index contributed by atoms with van der Waals surface area (Å²) >= 11 is 0. The van der Waals surface area contributed by atoms with Crippen molar-refractivity contribution in [3.8, 4) is 6.07 Å². The van der Waals surface area contributed by atoms with Gasteiger partial charge in [0.25, 0.3) is 0 Å². The van der Waals surface area contributed by atoms with Gasteiger partial charge in [-0.15, -0.1) is 0 Å². The van der Waals surface area contributed by atoms with E-state index in [1.165, 1.54) is 45.2 Å². The van der Waals surface area contributed by atoms with Gasteiger partial charge in [0.15, 0.2) is 9.84 Å². The Morgan fingerprint density at radius 3 is 2.53 bits per heavy atom. The van der Waals surface area contributed by atoms with E-state index in [-0.39, 0.29) is 28.2 Å². The van der Waals surface area contributed by atoms with Gasteiger partial charge in [-0.1, -0.05) is 0 Å². The zero-order valence-corrected chi connectivity index (χ0v) is 17.3. The average Bonchev–Trinajstić information content (AvgIpc) is 2.67. The van der Waals surface area contributed by atoms with Gasteiger partial charge in [-0.3, -0.25) is 9.98 Å². The fraction of sp³-hybridized carbons (Fsp3) is 0.300. The quantitative estimate of drug-likeness (QED) is 0.746. The third kappa shape index (κ3) is 3.68. The first-order chi connectivity index (χ1) is 13.9. The molecule has 30 heavy (non-hydrogen) atoms. The minimum Gasteiger partial charge on any atom is -0.386 e. The summed E-state index contributed by atoms with van der Waals surface area (Å²) < 4.78 is 53.1. The van der Waals surface area contributed by atoms with Crippen molar-refractivity contribution in [1.29, 1.82) is 5.26 Å². The number of aromatic nitrogens is 2. The molecule has 0 bridgehead atoms. The zero-order chi connectivity index (χ0) is 22.3. The molecule has 7 nitrogen and oxygen atoms in total. The first-order valence-corrected chi connectivity index (χ1v) is 10.5. The van der Waals surface area contributed by atoms with Crippen molar-refractivity contribution in [3.05, 3.63) is 58.9 Å². The fourth-order valence-corrected chi connectivity index (χ4v) is 4.71. The maximum atomic E-state index is 14.6. The van der Waals surface area contributed by atoms with Crippen molar-refractivity contribution in [2.75, 3.05) is 5.75 Å². The standard InChI is InChI=1S/C20H19F2N5O2S/c1-19(2)18(24)27-20(3,11-30(19,28)29)14-6-13(10-26-17(14)22)7-15(21)16-5-4-12(8-23)9-25-16/h4-7,9-10H,11H2,1-3H3,(H2,24,27)/b15-7-/t20-/m0/s1. The molecule has 0 aromatic carbocycles. The Morgan fingerprint density at radius 1 is 1.27 bits per heavy atom. The van der Waals surface area contributed by atoms with E-state index in [0.29, 0.717) is 0 Å². The smallest absolute Gasteiger partial charge is 0.218 e. The van der Waals surface area contributed by atoms with Crippen molar-refractivity contribution >= 4 is 27.6 Å². The first-order valence-electron chi connectivity index (χ1n) is 8.87. The van der Waals surface area contributed by atoms with Gasteiger partial charge in [-0.05, 0) is 50.6 Å². The highest BCUT2D eigenvalue weighted by Crippen LogP contribution is 2.37. The Kier molecular flexibility index (Phi) is 5.20. The van der Waals surface area contributed by atoms with E-state index >= 15 is 0 Å². The topological polar surface area (TPSA) is 122 Å². The van der Waals surface area contributed by atoms with Gasteiger partial charge in [-0.25, -0.2) is 17.8 Å². The van der Waals surface area contributed by atoms with E-state index in [1.54, 1.807) is 0 Å². The van der Waals surface area contributed by atoms with Crippen LogP contribution in [0.4, 0.5) is 8.78 Å². The minimum atomic E-state index is -3.74. The lowest BCUT2D eigenvalue weighted by atomic mass is 9.93. The number of pyridine rings is 2. The number of amidine groups is 1. The van der Waals surface area contributed by atoms with Gasteiger partial charge in [0.2, 0.25) is 5.95 Å². The lowest BCUT2D eigenvalue weighted by Gasteiger charge is -2.37. The summed E-state index contributed by atoms with van der Waals surface area (Å²) in [5.41, 5.74) is 4.72. The van der Waals surface area contributed by atoms with Crippen LogP contribution in [0.5, 0.6) is 0 Å². The normalized spacial score (nSPS) is 22.8. The third-order valence-corrected chi connectivity index (χ3v) is 7.81. The fourth-order valence-electron chi connectivity index (χ4n) is 3.02. The van der Waals surface area contributed by atoms with Gasteiger partial charge in [0.05, 0.1) is 17.0 Å². The minimum absolute atomic E-state index is 0.0182. The molecule has 0 unspecified atom stereocenters. The van der Waals surface area contributed by atoms with Crippen LogP contribution in [-0.4, -0.2) is 34.7 Å². The van der Waals surface area contributed by atoms with E-state index in [9.17, 15) is 17.2 Å². The summed E-state index contributed by atoms with van der Waals surface area (Å²) in [6, 6.07) is 5.92. The number of nitrogens with zero attached hydrogens (tertiary/aromatic N) is 4. The molecule has 2 aromatic rings. The summed E-state index contributed by atoms with van der Waals surface area (Å²) in [6.45, 7) is 4.32. The Balaban J connectivity index is 2.06. The van der Waals surface area contributed by atoms with Crippen LogP contribution in [0, 0.1) is 17.3 Å². The second-order valence-electron chi connectivity index (χ2n) is 7.68. The van der Waals surface area contributed by atoms with Crippen molar-refractivity contribution in [3.63, 3.8) is 0 Å². The number of sulfone groups is 1. The van der Waals surface area contributed by atoms with Gasteiger partial charge in [-0.2, -0.15) is 9.65 Å². The van der Waals surface area contributed by atoms with Crippen LogP contribution >= 0.6 is 0 Å².